The molecule has 0 saturated carbocycles. The zero-order valence-electron chi connectivity index (χ0n) is 10.4. The quantitative estimate of drug-likeness (QED) is 0.629. The Morgan fingerprint density at radius 2 is 1.90 bits per heavy atom. The Balaban J connectivity index is 2.05. The molecule has 0 fully saturated rings. The number of carbonyl (C=O) groups excluding carboxylic acids is 2. The zero-order chi connectivity index (χ0) is 15.1. The molecule has 0 N–H and O–H groups in total. The van der Waals surface area contributed by atoms with E-state index in [4.69, 9.17) is 23.2 Å². The molecule has 1 aromatic heterocycles. The van der Waals surface area contributed by atoms with E-state index in [0.717, 1.165) is 11.0 Å². The summed E-state index contributed by atoms with van der Waals surface area (Å²) in [5.41, 5.74) is 0.434. The lowest BCUT2D eigenvalue weighted by Gasteiger charge is -2.17. The fourth-order valence-electron chi connectivity index (χ4n) is 2.19. The Morgan fingerprint density at radius 3 is 2.57 bits per heavy atom. The van der Waals surface area contributed by atoms with Crippen molar-refractivity contribution < 1.29 is 14.0 Å². The fraction of sp³-hybridized carbons (Fsp3) is 0.0714. The highest BCUT2D eigenvalue weighted by atomic mass is 35.5. The molecule has 0 atom stereocenters. The predicted molar refractivity (Wildman–Crippen MR) is 76.2 cm³/mol. The van der Waals surface area contributed by atoms with Crippen LogP contribution in [0.4, 0.5) is 10.1 Å². The van der Waals surface area contributed by atoms with Gasteiger partial charge in [0.15, 0.2) is 0 Å². The van der Waals surface area contributed by atoms with Crippen LogP contribution in [0.3, 0.4) is 0 Å². The van der Waals surface area contributed by atoms with E-state index < -0.39 is 17.5 Å². The number of hydrogen-bond donors (Lipinski definition) is 0. The molecule has 7 heteroatoms. The van der Waals surface area contributed by atoms with Gasteiger partial charge >= 0.3 is 0 Å². The number of carbonyl (C=O) groups is 2. The molecule has 1 aliphatic heterocycles. The molecule has 0 radical (unpaired) electrons. The van der Waals surface area contributed by atoms with Crippen LogP contribution in [-0.4, -0.2) is 16.7 Å². The van der Waals surface area contributed by atoms with E-state index in [9.17, 15) is 14.0 Å². The molecule has 21 heavy (non-hydrogen) atoms. The predicted octanol–water partition coefficient (Wildman–Crippen LogP) is 3.26. The van der Waals surface area contributed by atoms with Gasteiger partial charge in [-0.25, -0.2) is 9.37 Å². The van der Waals surface area contributed by atoms with E-state index in [1.807, 2.05) is 0 Å². The van der Waals surface area contributed by atoms with Crippen LogP contribution in [0.2, 0.25) is 10.2 Å². The van der Waals surface area contributed by atoms with Gasteiger partial charge < -0.3 is 0 Å². The molecule has 2 heterocycles. The Labute approximate surface area is 129 Å². The van der Waals surface area contributed by atoms with Crippen LogP contribution in [0, 0.1) is 5.82 Å². The third kappa shape index (κ3) is 2.28. The number of anilines is 1. The molecule has 1 aromatic carbocycles. The lowest BCUT2D eigenvalue weighted by Crippen LogP contribution is -2.29. The van der Waals surface area contributed by atoms with Gasteiger partial charge in [0.2, 0.25) is 0 Å². The molecule has 106 valence electrons. The number of ketones is 1. The smallest absolute Gasteiger partial charge is 0.297 e. The summed E-state index contributed by atoms with van der Waals surface area (Å²) in [6.45, 7) is 0.0129. The van der Waals surface area contributed by atoms with Crippen LogP contribution in [-0.2, 0) is 11.3 Å². The van der Waals surface area contributed by atoms with Gasteiger partial charge in [0, 0.05) is 6.20 Å². The Hall–Kier alpha value is -1.98. The van der Waals surface area contributed by atoms with E-state index in [1.165, 1.54) is 12.3 Å². The van der Waals surface area contributed by atoms with E-state index in [0.29, 0.717) is 10.7 Å². The average molecular weight is 325 g/mol. The van der Waals surface area contributed by atoms with Crippen molar-refractivity contribution >= 4 is 40.6 Å². The van der Waals surface area contributed by atoms with E-state index in [-0.39, 0.29) is 22.8 Å². The van der Waals surface area contributed by atoms with Gasteiger partial charge in [0.1, 0.15) is 11.0 Å². The number of benzene rings is 1. The third-order valence-electron chi connectivity index (χ3n) is 3.14. The summed E-state index contributed by atoms with van der Waals surface area (Å²) in [6.07, 6.45) is 1.46. The number of amides is 1. The van der Waals surface area contributed by atoms with Gasteiger partial charge in [-0.2, -0.15) is 0 Å². The first kappa shape index (κ1) is 14.0. The summed E-state index contributed by atoms with van der Waals surface area (Å²) in [5.74, 6) is -2.29. The maximum absolute atomic E-state index is 14.0. The summed E-state index contributed by atoms with van der Waals surface area (Å²) < 4.78 is 14.0. The number of pyridine rings is 1. The molecule has 1 aliphatic rings. The minimum atomic E-state index is -0.813. The highest BCUT2D eigenvalue weighted by molar-refractivity contribution is 6.55. The van der Waals surface area contributed by atoms with Crippen molar-refractivity contribution in [3.63, 3.8) is 0 Å². The molecular weight excluding hydrogens is 318 g/mol. The first-order valence-electron chi connectivity index (χ1n) is 5.93. The van der Waals surface area contributed by atoms with Crippen LogP contribution < -0.4 is 4.90 Å². The van der Waals surface area contributed by atoms with Crippen molar-refractivity contribution in [1.82, 2.24) is 4.98 Å². The number of halogens is 3. The largest absolute Gasteiger partial charge is 0.299 e. The number of hydrogen-bond acceptors (Lipinski definition) is 3. The fourth-order valence-corrected chi connectivity index (χ4v) is 2.54. The van der Waals surface area contributed by atoms with E-state index >= 15 is 0 Å². The van der Waals surface area contributed by atoms with Crippen molar-refractivity contribution in [2.45, 2.75) is 6.54 Å². The number of rotatable bonds is 2. The molecule has 1 amide bonds. The second-order valence-electron chi connectivity index (χ2n) is 4.46. The van der Waals surface area contributed by atoms with Gasteiger partial charge in [0.05, 0.1) is 22.8 Å². The van der Waals surface area contributed by atoms with Gasteiger partial charge in [-0.3, -0.25) is 14.5 Å². The Morgan fingerprint density at radius 1 is 1.14 bits per heavy atom. The SMILES string of the molecule is O=C1C(=O)N(Cc2ccc(Cl)nc2)c2c(F)ccc(Cl)c21. The molecule has 0 bridgehead atoms. The van der Waals surface area contributed by atoms with Crippen molar-refractivity contribution in [3.8, 4) is 0 Å². The van der Waals surface area contributed by atoms with Gasteiger partial charge in [-0.05, 0) is 23.8 Å². The van der Waals surface area contributed by atoms with Crippen molar-refractivity contribution in [3.05, 3.63) is 57.6 Å². The monoisotopic (exact) mass is 324 g/mol. The normalized spacial score (nSPS) is 13.8. The highest BCUT2D eigenvalue weighted by Crippen LogP contribution is 2.37. The van der Waals surface area contributed by atoms with Gasteiger partial charge in [-0.1, -0.05) is 29.3 Å². The Kier molecular flexibility index (Phi) is 3.39. The van der Waals surface area contributed by atoms with Gasteiger partial charge in [-0.15, -0.1) is 0 Å². The molecule has 0 saturated heterocycles. The molecule has 4 nitrogen and oxygen atoms in total. The first-order chi connectivity index (χ1) is 9.99. The third-order valence-corrected chi connectivity index (χ3v) is 3.68. The maximum Gasteiger partial charge on any atom is 0.299 e. The molecule has 3 rings (SSSR count). The van der Waals surface area contributed by atoms with Crippen LogP contribution in [0.1, 0.15) is 15.9 Å². The summed E-state index contributed by atoms with van der Waals surface area (Å²) in [7, 11) is 0. The van der Waals surface area contributed by atoms with Crippen LogP contribution in [0.15, 0.2) is 30.5 Å². The van der Waals surface area contributed by atoms with Gasteiger partial charge in [0.25, 0.3) is 11.7 Å². The number of nitrogens with zero attached hydrogens (tertiary/aromatic N) is 2. The van der Waals surface area contributed by atoms with Crippen molar-refractivity contribution in [1.29, 1.82) is 0 Å². The van der Waals surface area contributed by atoms with Crippen LogP contribution >= 0.6 is 23.2 Å². The molecule has 0 aliphatic carbocycles. The van der Waals surface area contributed by atoms with Crippen molar-refractivity contribution in [2.24, 2.45) is 0 Å². The van der Waals surface area contributed by atoms with E-state index in [1.54, 1.807) is 12.1 Å². The molecule has 0 unspecified atom stereocenters. The minimum Gasteiger partial charge on any atom is -0.297 e. The van der Waals surface area contributed by atoms with Crippen LogP contribution in [0.25, 0.3) is 0 Å². The lowest BCUT2D eigenvalue weighted by atomic mass is 10.1. The van der Waals surface area contributed by atoms with Crippen LogP contribution in [0.5, 0.6) is 0 Å². The second kappa shape index (κ2) is 5.09. The average Bonchev–Trinajstić information content (AvgIpc) is 2.71. The Bertz CT molecular complexity index is 762. The second-order valence-corrected chi connectivity index (χ2v) is 5.26. The topological polar surface area (TPSA) is 50.3 Å². The van der Waals surface area contributed by atoms with Crippen molar-refractivity contribution in [2.75, 3.05) is 4.90 Å². The molecule has 0 spiro atoms. The lowest BCUT2D eigenvalue weighted by molar-refractivity contribution is -0.114. The number of fused-ring (bicyclic) bond motifs is 1. The van der Waals surface area contributed by atoms with E-state index in [2.05, 4.69) is 4.98 Å². The summed E-state index contributed by atoms with van der Waals surface area (Å²) in [5, 5.41) is 0.360. The maximum atomic E-state index is 14.0. The number of aromatic nitrogens is 1. The molecule has 2 aromatic rings. The first-order valence-corrected chi connectivity index (χ1v) is 6.69. The standard InChI is InChI=1S/C14H7Cl2FN2O2/c15-8-2-3-9(17)12-11(8)13(20)14(21)19(12)6-7-1-4-10(16)18-5-7/h1-5H,6H2. The molecular formula is C14H7Cl2FN2O2. The summed E-state index contributed by atoms with van der Waals surface area (Å²) in [4.78, 5) is 28.9. The minimum absolute atomic E-state index is 0.0129. The summed E-state index contributed by atoms with van der Waals surface area (Å²) in [6, 6.07) is 5.58. The summed E-state index contributed by atoms with van der Waals surface area (Å²) >= 11 is 11.6. The highest BCUT2D eigenvalue weighted by Gasteiger charge is 2.39. The zero-order valence-corrected chi connectivity index (χ0v) is 12.0. The number of Topliss-reactive ketones (excluding diaryl/α,β-unsaturated/α-hetero) is 1.